The molecule has 6 aromatic carbocycles. The lowest BCUT2D eigenvalue weighted by atomic mass is 10.1. The van der Waals surface area contributed by atoms with Gasteiger partial charge < -0.3 is 14.4 Å². The Bertz CT molecular complexity index is 3290. The number of unbranched alkanes of at least 4 members (excludes halogenated alkanes) is 5. The molecule has 0 fully saturated rings. The zero-order chi connectivity index (χ0) is 50.5. The highest BCUT2D eigenvalue weighted by Gasteiger charge is 2.22. The van der Waals surface area contributed by atoms with Crippen LogP contribution in [-0.2, 0) is 19.1 Å². The monoisotopic (exact) mass is 1030 g/mol. The molecule has 3 aromatic heterocycles. The number of aromatic nitrogens is 3. The lowest BCUT2D eigenvalue weighted by Crippen LogP contribution is -2.30. The van der Waals surface area contributed by atoms with Gasteiger partial charge in [-0.1, -0.05) is 98.5 Å². The van der Waals surface area contributed by atoms with Crippen molar-refractivity contribution in [1.29, 1.82) is 0 Å². The van der Waals surface area contributed by atoms with Crippen LogP contribution in [0.2, 0.25) is 0 Å². The molecule has 370 valence electrons. The van der Waals surface area contributed by atoms with E-state index in [0.717, 1.165) is 118 Å². The van der Waals surface area contributed by atoms with E-state index in [4.69, 9.17) is 24.4 Å². The molecule has 10 nitrogen and oxygen atoms in total. The first-order valence-corrected chi connectivity index (χ1v) is 27.4. The number of fused-ring (bicyclic) bond motifs is 3. The van der Waals surface area contributed by atoms with E-state index in [1.807, 2.05) is 66.7 Å². The molecule has 0 N–H and O–H groups in total. The molecule has 10 rings (SSSR count). The van der Waals surface area contributed by atoms with Gasteiger partial charge in [-0.2, -0.15) is 0 Å². The molecule has 0 saturated heterocycles. The van der Waals surface area contributed by atoms with Gasteiger partial charge >= 0.3 is 5.97 Å². The maximum absolute atomic E-state index is 12.8. The number of amides is 2. The van der Waals surface area contributed by atoms with E-state index in [2.05, 4.69) is 114 Å². The number of benzene rings is 6. The zero-order valence-corrected chi connectivity index (χ0v) is 43.1. The van der Waals surface area contributed by atoms with Crippen molar-refractivity contribution in [1.82, 2.24) is 19.9 Å². The Morgan fingerprint density at radius 2 is 0.973 bits per heavy atom. The van der Waals surface area contributed by atoms with Gasteiger partial charge in [0.15, 0.2) is 0 Å². The number of esters is 1. The second-order valence-electron chi connectivity index (χ2n) is 17.8. The number of para-hydroxylation sites is 3. The lowest BCUT2D eigenvalue weighted by molar-refractivity contribution is -0.144. The van der Waals surface area contributed by atoms with E-state index >= 15 is 0 Å². The summed E-state index contributed by atoms with van der Waals surface area (Å²) in [6.45, 7) is 1.15. The van der Waals surface area contributed by atoms with Crippen LogP contribution >= 0.6 is 34.0 Å². The van der Waals surface area contributed by atoms with E-state index < -0.39 is 0 Å². The van der Waals surface area contributed by atoms with E-state index in [9.17, 15) is 14.4 Å². The Morgan fingerprint density at radius 3 is 1.50 bits per heavy atom. The second-order valence-corrected chi connectivity index (χ2v) is 20.9. The average molecular weight is 1030 g/mol. The first kappa shape index (κ1) is 49.7. The highest BCUT2D eigenvalue weighted by molar-refractivity contribution is 7.20. The molecular formula is C61H53N5O5S3. The van der Waals surface area contributed by atoms with Crippen molar-refractivity contribution in [2.75, 3.05) is 24.7 Å². The minimum Gasteiger partial charge on any atom is -0.493 e. The van der Waals surface area contributed by atoms with Crippen LogP contribution in [0.1, 0.15) is 83.1 Å². The van der Waals surface area contributed by atoms with Gasteiger partial charge in [0.25, 0.3) is 11.8 Å². The van der Waals surface area contributed by atoms with Gasteiger partial charge in [-0.25, -0.2) is 15.0 Å². The van der Waals surface area contributed by atoms with Crippen molar-refractivity contribution >= 4 is 136 Å². The number of carbonyl (C=O) groups is 3. The third kappa shape index (κ3) is 12.8. The highest BCUT2D eigenvalue weighted by Crippen LogP contribution is 2.39. The fraction of sp³-hybridized carbons (Fsp3) is 0.180. The maximum Gasteiger partial charge on any atom is 0.305 e. The van der Waals surface area contributed by atoms with E-state index in [0.29, 0.717) is 31.9 Å². The number of hydrogen-bond acceptors (Lipinski definition) is 12. The average Bonchev–Trinajstić information content (AvgIpc) is 4.23. The van der Waals surface area contributed by atoms with E-state index in [-0.39, 0.29) is 24.2 Å². The van der Waals surface area contributed by atoms with Crippen molar-refractivity contribution in [3.8, 4) is 5.75 Å². The number of thiazole rings is 3. The molecule has 74 heavy (non-hydrogen) atoms. The third-order valence-electron chi connectivity index (χ3n) is 12.5. The second kappa shape index (κ2) is 24.3. The first-order chi connectivity index (χ1) is 36.4. The molecule has 13 heteroatoms. The van der Waals surface area contributed by atoms with Crippen LogP contribution in [0.4, 0.5) is 17.1 Å². The topological polar surface area (TPSA) is 115 Å². The molecule has 0 aliphatic carbocycles. The summed E-state index contributed by atoms with van der Waals surface area (Å²) in [7, 11) is 0. The van der Waals surface area contributed by atoms with Gasteiger partial charge in [0.1, 0.15) is 20.8 Å². The van der Waals surface area contributed by atoms with E-state index in [1.165, 1.54) is 17.1 Å². The Labute approximate surface area is 442 Å². The first-order valence-electron chi connectivity index (χ1n) is 25.0. The van der Waals surface area contributed by atoms with Crippen LogP contribution in [0.15, 0.2) is 152 Å². The third-order valence-corrected chi connectivity index (χ3v) is 15.5. The van der Waals surface area contributed by atoms with Gasteiger partial charge in [0, 0.05) is 53.8 Å². The standard InChI is InChI=1S/C61H53N5O5S3/c67-59-37-38-60(68)65(59)39-11-3-1-2-4-12-40-71-61(69)20-13-41-70-52-42-48(33-27-45(52)28-36-58-64-51-16-7-10-19-55(51)74-58)66(46-29-21-43(22-30-46)25-34-56-62-49-14-5-8-17-53(49)72-56)47-31-23-44(24-32-47)26-35-57-63-50-15-6-9-18-54(50)73-57/h5-10,14-19,21-38,42H,1-4,11-13,20,39-41H2/b34-25+,35-26+,36-28+. The van der Waals surface area contributed by atoms with Gasteiger partial charge in [0.2, 0.25) is 0 Å². The number of rotatable bonds is 23. The zero-order valence-electron chi connectivity index (χ0n) is 40.7. The summed E-state index contributed by atoms with van der Waals surface area (Å²) in [5, 5.41) is 2.81. The Morgan fingerprint density at radius 1 is 0.500 bits per heavy atom. The Kier molecular flexibility index (Phi) is 16.3. The molecule has 0 spiro atoms. The summed E-state index contributed by atoms with van der Waals surface area (Å²) in [4.78, 5) is 54.3. The van der Waals surface area contributed by atoms with Crippen molar-refractivity contribution in [2.45, 2.75) is 51.4 Å². The minimum atomic E-state index is -0.241. The van der Waals surface area contributed by atoms with Crippen LogP contribution in [0, 0.1) is 0 Å². The number of hydrogen-bond donors (Lipinski definition) is 0. The van der Waals surface area contributed by atoms with Gasteiger partial charge in [-0.3, -0.25) is 19.3 Å². The fourth-order valence-corrected chi connectivity index (χ4v) is 11.2. The van der Waals surface area contributed by atoms with Gasteiger partial charge in [-0.05, 0) is 127 Å². The summed E-state index contributed by atoms with van der Waals surface area (Å²) in [6.07, 6.45) is 21.2. The van der Waals surface area contributed by atoms with Crippen molar-refractivity contribution in [3.05, 3.63) is 183 Å². The number of nitrogens with zero attached hydrogens (tertiary/aromatic N) is 5. The number of carbonyl (C=O) groups excluding carboxylic acids is 3. The normalized spacial score (nSPS) is 12.8. The molecule has 0 atom stereocenters. The largest absolute Gasteiger partial charge is 0.493 e. The molecule has 2 amide bonds. The maximum atomic E-state index is 12.8. The van der Waals surface area contributed by atoms with Crippen molar-refractivity contribution in [3.63, 3.8) is 0 Å². The summed E-state index contributed by atoms with van der Waals surface area (Å²) in [5.74, 6) is -0.0206. The lowest BCUT2D eigenvalue weighted by Gasteiger charge is -2.26. The molecule has 0 radical (unpaired) electrons. The van der Waals surface area contributed by atoms with Crippen LogP contribution < -0.4 is 9.64 Å². The van der Waals surface area contributed by atoms with Crippen LogP contribution in [0.5, 0.6) is 5.75 Å². The summed E-state index contributed by atoms with van der Waals surface area (Å²) in [6, 6.07) is 47.8. The molecule has 0 unspecified atom stereocenters. The molecule has 9 aromatic rings. The van der Waals surface area contributed by atoms with Gasteiger partial charge in [-0.15, -0.1) is 34.0 Å². The summed E-state index contributed by atoms with van der Waals surface area (Å²) in [5.41, 5.74) is 8.80. The summed E-state index contributed by atoms with van der Waals surface area (Å²) < 4.78 is 15.6. The predicted octanol–water partition coefficient (Wildman–Crippen LogP) is 15.5. The summed E-state index contributed by atoms with van der Waals surface area (Å²) >= 11 is 4.99. The predicted molar refractivity (Wildman–Crippen MR) is 306 cm³/mol. The highest BCUT2D eigenvalue weighted by atomic mass is 32.1. The number of imide groups is 1. The molecule has 4 heterocycles. The Balaban J connectivity index is 0.839. The van der Waals surface area contributed by atoms with Crippen LogP contribution in [0.25, 0.3) is 67.1 Å². The van der Waals surface area contributed by atoms with Crippen molar-refractivity contribution in [2.24, 2.45) is 0 Å². The van der Waals surface area contributed by atoms with E-state index in [1.54, 1.807) is 34.0 Å². The molecule has 1 aliphatic heterocycles. The smallest absolute Gasteiger partial charge is 0.305 e. The van der Waals surface area contributed by atoms with Crippen LogP contribution in [0.3, 0.4) is 0 Å². The minimum absolute atomic E-state index is 0.230. The quantitative estimate of drug-likeness (QED) is 0.0351. The molecular weight excluding hydrogens is 979 g/mol. The molecule has 0 saturated carbocycles. The SMILES string of the molecule is O=C(CCCOc1cc(N(c2ccc(/C=C/c3nc4ccccc4s3)cc2)c2ccc(/C=C/c3nc4ccccc4s3)cc2)ccc1/C=C/c1nc2ccccc2s1)OCCCCCCCCN1C(=O)C=CC1=O. The fourth-order valence-electron chi connectivity index (χ4n) is 8.61. The number of ether oxygens (including phenoxy) is 2. The van der Waals surface area contributed by atoms with Gasteiger partial charge in [0.05, 0.1) is 43.9 Å². The molecule has 0 bridgehead atoms. The Hall–Kier alpha value is -7.84. The van der Waals surface area contributed by atoms with Crippen LogP contribution in [-0.4, -0.2) is 57.4 Å². The molecule has 1 aliphatic rings. The van der Waals surface area contributed by atoms with Crippen molar-refractivity contribution < 1.29 is 23.9 Å². The number of anilines is 3.